The van der Waals surface area contributed by atoms with Gasteiger partial charge >= 0.3 is 0 Å². The molecule has 5 fully saturated rings. The van der Waals surface area contributed by atoms with E-state index in [1.165, 1.54) is 12.8 Å². The van der Waals surface area contributed by atoms with Crippen LogP contribution in [-0.2, 0) is 9.59 Å². The van der Waals surface area contributed by atoms with Crippen molar-refractivity contribution in [3.63, 3.8) is 0 Å². The lowest BCUT2D eigenvalue weighted by Crippen LogP contribution is -2.33. The van der Waals surface area contributed by atoms with Crippen LogP contribution in [0.15, 0.2) is 0 Å². The minimum Gasteiger partial charge on any atom is -0.299 e. The van der Waals surface area contributed by atoms with Crippen molar-refractivity contribution in [2.45, 2.75) is 38.5 Å². The smallest absolute Gasteiger partial charge is 0.142 e. The molecular formula is C15H18O2. The van der Waals surface area contributed by atoms with Crippen LogP contribution < -0.4 is 0 Å². The molecule has 0 N–H and O–H groups in total. The first kappa shape index (κ1) is 9.29. The van der Waals surface area contributed by atoms with E-state index >= 15 is 0 Å². The first-order chi connectivity index (χ1) is 8.24. The maximum Gasteiger partial charge on any atom is 0.142 e. The molecule has 5 saturated carbocycles. The molecule has 0 aromatic heterocycles. The molecule has 0 aromatic carbocycles. The highest BCUT2D eigenvalue weighted by molar-refractivity contribution is 5.98. The Morgan fingerprint density at radius 3 is 2.82 bits per heavy atom. The van der Waals surface area contributed by atoms with Crippen molar-refractivity contribution in [2.24, 2.45) is 40.9 Å². The average molecular weight is 230 g/mol. The molecule has 5 rings (SSSR count). The molecule has 0 radical (unpaired) electrons. The van der Waals surface area contributed by atoms with Gasteiger partial charge in [-0.2, -0.15) is 0 Å². The fourth-order valence-electron chi connectivity index (χ4n) is 6.76. The second kappa shape index (κ2) is 2.53. The molecule has 4 bridgehead atoms. The Hall–Kier alpha value is -0.660. The van der Waals surface area contributed by atoms with Gasteiger partial charge in [0.15, 0.2) is 0 Å². The van der Waals surface area contributed by atoms with E-state index in [-0.39, 0.29) is 11.3 Å². The minimum atomic E-state index is -0.0118. The third kappa shape index (κ3) is 0.750. The quantitative estimate of drug-likeness (QED) is 0.639. The Labute approximate surface area is 101 Å². The maximum absolute atomic E-state index is 12.8. The fraction of sp³-hybridized carbons (Fsp3) is 0.867. The highest BCUT2D eigenvalue weighted by Crippen LogP contribution is 2.75. The van der Waals surface area contributed by atoms with Crippen molar-refractivity contribution in [3.05, 3.63) is 0 Å². The maximum atomic E-state index is 12.8. The van der Waals surface area contributed by atoms with Crippen molar-refractivity contribution in [3.8, 4) is 0 Å². The molecule has 7 atom stereocenters. The normalized spacial score (nSPS) is 62.4. The van der Waals surface area contributed by atoms with Crippen LogP contribution in [-0.4, -0.2) is 11.6 Å². The van der Waals surface area contributed by atoms with E-state index in [9.17, 15) is 9.59 Å². The van der Waals surface area contributed by atoms with Crippen molar-refractivity contribution < 1.29 is 9.59 Å². The molecule has 90 valence electrons. The topological polar surface area (TPSA) is 34.1 Å². The van der Waals surface area contributed by atoms with Crippen LogP contribution in [0.4, 0.5) is 0 Å². The molecule has 0 amide bonds. The molecule has 0 unspecified atom stereocenters. The SMILES string of the molecule is O=C1[C@H]2C[C@@]34CCCC[C@@H](C3=O)[C@@H]3[C@H]4[C@H]2C[C@H]13. The van der Waals surface area contributed by atoms with Gasteiger partial charge in [0.05, 0.1) is 0 Å². The summed E-state index contributed by atoms with van der Waals surface area (Å²) in [5, 5.41) is 0. The van der Waals surface area contributed by atoms with Crippen molar-refractivity contribution in [1.29, 1.82) is 0 Å². The Bertz CT molecular complexity index is 454. The second-order valence-electron chi connectivity index (χ2n) is 7.19. The van der Waals surface area contributed by atoms with Crippen LogP contribution >= 0.6 is 0 Å². The van der Waals surface area contributed by atoms with Gasteiger partial charge in [-0.15, -0.1) is 0 Å². The number of hydrogen-bond acceptors (Lipinski definition) is 2. The molecule has 2 heteroatoms. The molecule has 0 aromatic rings. The van der Waals surface area contributed by atoms with E-state index < -0.39 is 0 Å². The van der Waals surface area contributed by atoms with Crippen molar-refractivity contribution in [1.82, 2.24) is 0 Å². The predicted molar refractivity (Wildman–Crippen MR) is 61.1 cm³/mol. The number of ketones is 2. The number of fused-ring (bicyclic) bond motifs is 4. The van der Waals surface area contributed by atoms with Gasteiger partial charge in [-0.1, -0.05) is 12.8 Å². The Kier molecular flexibility index (Phi) is 1.38. The summed E-state index contributed by atoms with van der Waals surface area (Å²) < 4.78 is 0. The number of carbonyl (C=O) groups is 2. The van der Waals surface area contributed by atoms with Crippen LogP contribution in [0.25, 0.3) is 0 Å². The molecule has 2 nitrogen and oxygen atoms in total. The first-order valence-corrected chi connectivity index (χ1v) is 7.32. The highest BCUT2D eigenvalue weighted by atomic mass is 16.1. The Morgan fingerprint density at radius 1 is 1.06 bits per heavy atom. The average Bonchev–Trinajstić information content (AvgIpc) is 2.88. The standard InChI is InChI=1S/C15H18O2/c16-13-9-5-8-10(13)6-15-4-2-1-3-7(14(15)17)11(9)12(8)15/h7-12H,1-6H2/t7-,8+,9+,10+,11+,12-,15-/m1/s1. The molecule has 0 saturated heterocycles. The van der Waals surface area contributed by atoms with Crippen LogP contribution in [0, 0.1) is 40.9 Å². The summed E-state index contributed by atoms with van der Waals surface area (Å²) >= 11 is 0. The third-order valence-corrected chi connectivity index (χ3v) is 7.02. The van der Waals surface area contributed by atoms with Gasteiger partial charge in [-0.05, 0) is 43.4 Å². The number of rotatable bonds is 0. The highest BCUT2D eigenvalue weighted by Gasteiger charge is 2.76. The Morgan fingerprint density at radius 2 is 1.94 bits per heavy atom. The van der Waals surface area contributed by atoms with Gasteiger partial charge in [-0.3, -0.25) is 9.59 Å². The van der Waals surface area contributed by atoms with Gasteiger partial charge in [0.1, 0.15) is 11.6 Å². The van der Waals surface area contributed by atoms with Crippen LogP contribution in [0.1, 0.15) is 38.5 Å². The molecule has 0 heterocycles. The van der Waals surface area contributed by atoms with Crippen molar-refractivity contribution in [2.75, 3.05) is 0 Å². The van der Waals surface area contributed by atoms with Gasteiger partial charge in [-0.25, -0.2) is 0 Å². The van der Waals surface area contributed by atoms with E-state index in [1.54, 1.807) is 0 Å². The van der Waals surface area contributed by atoms with Gasteiger partial charge in [0.2, 0.25) is 0 Å². The van der Waals surface area contributed by atoms with E-state index in [1.807, 2.05) is 0 Å². The lowest BCUT2D eigenvalue weighted by atomic mass is 9.72. The van der Waals surface area contributed by atoms with Crippen molar-refractivity contribution >= 4 is 11.6 Å². The van der Waals surface area contributed by atoms with Gasteiger partial charge in [0.25, 0.3) is 0 Å². The molecule has 0 aliphatic heterocycles. The summed E-state index contributed by atoms with van der Waals surface area (Å²) in [5.41, 5.74) is -0.0118. The Balaban J connectivity index is 1.76. The molecule has 5 aliphatic rings. The van der Waals surface area contributed by atoms with Crippen LogP contribution in [0.3, 0.4) is 0 Å². The van der Waals surface area contributed by atoms with E-state index in [0.29, 0.717) is 41.2 Å². The molecule has 17 heavy (non-hydrogen) atoms. The largest absolute Gasteiger partial charge is 0.299 e. The summed E-state index contributed by atoms with van der Waals surface area (Å²) in [6, 6.07) is 0. The zero-order valence-electron chi connectivity index (χ0n) is 10.0. The lowest BCUT2D eigenvalue weighted by Gasteiger charge is -2.30. The summed E-state index contributed by atoms with van der Waals surface area (Å²) in [6.07, 6.45) is 6.73. The van der Waals surface area contributed by atoms with Gasteiger partial charge in [0, 0.05) is 23.2 Å². The fourth-order valence-corrected chi connectivity index (χ4v) is 6.76. The van der Waals surface area contributed by atoms with E-state index in [4.69, 9.17) is 0 Å². The third-order valence-electron chi connectivity index (χ3n) is 7.02. The first-order valence-electron chi connectivity index (χ1n) is 7.32. The minimum absolute atomic E-state index is 0.0118. The zero-order chi connectivity index (χ0) is 11.4. The summed E-state index contributed by atoms with van der Waals surface area (Å²) in [7, 11) is 0. The predicted octanol–water partition coefficient (Wildman–Crippen LogP) is 2.22. The van der Waals surface area contributed by atoms with Gasteiger partial charge < -0.3 is 0 Å². The summed E-state index contributed by atoms with van der Waals surface area (Å²) in [5.74, 6) is 3.75. The molecule has 5 aliphatic carbocycles. The van der Waals surface area contributed by atoms with Crippen LogP contribution in [0.2, 0.25) is 0 Å². The number of carbonyl (C=O) groups excluding carboxylic acids is 2. The zero-order valence-corrected chi connectivity index (χ0v) is 10.0. The summed E-state index contributed by atoms with van der Waals surface area (Å²) in [4.78, 5) is 25.1. The lowest BCUT2D eigenvalue weighted by molar-refractivity contribution is -0.132. The number of hydrogen-bond donors (Lipinski definition) is 0. The number of Topliss-reactive ketones (excluding diaryl/α,β-unsaturated/α-hetero) is 2. The monoisotopic (exact) mass is 230 g/mol. The van der Waals surface area contributed by atoms with E-state index in [0.717, 1.165) is 25.7 Å². The van der Waals surface area contributed by atoms with Crippen LogP contribution in [0.5, 0.6) is 0 Å². The second-order valence-corrected chi connectivity index (χ2v) is 7.19. The van der Waals surface area contributed by atoms with E-state index in [2.05, 4.69) is 0 Å². The summed E-state index contributed by atoms with van der Waals surface area (Å²) in [6.45, 7) is 0. The molecule has 1 spiro atoms. The molecular weight excluding hydrogens is 212 g/mol.